The van der Waals surface area contributed by atoms with E-state index in [9.17, 15) is 4.79 Å². The Morgan fingerprint density at radius 2 is 1.86 bits per heavy atom. The van der Waals surface area contributed by atoms with Crippen LogP contribution in [-0.4, -0.2) is 5.91 Å². The van der Waals surface area contributed by atoms with Crippen LogP contribution in [0.1, 0.15) is 28.7 Å². The van der Waals surface area contributed by atoms with Crippen molar-refractivity contribution in [2.24, 2.45) is 0 Å². The number of nitrogen functional groups attached to an aromatic ring is 1. The van der Waals surface area contributed by atoms with E-state index in [2.05, 4.69) is 5.32 Å². The van der Waals surface area contributed by atoms with Crippen LogP contribution in [-0.2, 0) is 11.2 Å². The predicted octanol–water partition coefficient (Wildman–Crippen LogP) is 3.77. The summed E-state index contributed by atoms with van der Waals surface area (Å²) in [5.74, 6) is 0.0304. The molecule has 0 aliphatic carbocycles. The lowest BCUT2D eigenvalue weighted by atomic mass is 10.1. The van der Waals surface area contributed by atoms with Gasteiger partial charge in [-0.25, -0.2) is 0 Å². The fraction of sp³-hybridized carbons (Fsp3) is 0.278. The van der Waals surface area contributed by atoms with Crippen molar-refractivity contribution in [1.29, 1.82) is 0 Å². The molecule has 0 aliphatic heterocycles. The van der Waals surface area contributed by atoms with Crippen LogP contribution in [0.2, 0.25) is 0 Å². The zero-order valence-electron chi connectivity index (χ0n) is 12.9. The highest BCUT2D eigenvalue weighted by molar-refractivity contribution is 5.91. The van der Waals surface area contributed by atoms with E-state index in [0.717, 1.165) is 28.1 Å². The molecule has 110 valence electrons. The number of hydrogen-bond acceptors (Lipinski definition) is 2. The minimum absolute atomic E-state index is 0.0304. The van der Waals surface area contributed by atoms with Gasteiger partial charge in [0.25, 0.3) is 0 Å². The number of benzene rings is 2. The molecule has 0 unspecified atom stereocenters. The van der Waals surface area contributed by atoms with Gasteiger partial charge in [0.15, 0.2) is 0 Å². The van der Waals surface area contributed by atoms with Crippen LogP contribution in [0.5, 0.6) is 0 Å². The summed E-state index contributed by atoms with van der Waals surface area (Å²) in [6.07, 6.45) is 1.15. The topological polar surface area (TPSA) is 55.1 Å². The van der Waals surface area contributed by atoms with E-state index in [0.29, 0.717) is 12.8 Å². The van der Waals surface area contributed by atoms with E-state index < -0.39 is 0 Å². The Labute approximate surface area is 126 Å². The monoisotopic (exact) mass is 282 g/mol. The Bertz CT molecular complexity index is 662. The van der Waals surface area contributed by atoms with Crippen LogP contribution < -0.4 is 11.1 Å². The lowest BCUT2D eigenvalue weighted by Crippen LogP contribution is -2.13. The number of carbonyl (C=O) groups is 1. The second-order valence-corrected chi connectivity index (χ2v) is 5.49. The zero-order valence-corrected chi connectivity index (χ0v) is 12.9. The Hall–Kier alpha value is -2.29. The van der Waals surface area contributed by atoms with Crippen molar-refractivity contribution in [2.75, 3.05) is 11.1 Å². The number of amides is 1. The molecule has 0 bridgehead atoms. The fourth-order valence-corrected chi connectivity index (χ4v) is 2.20. The molecule has 0 saturated carbocycles. The average Bonchev–Trinajstić information content (AvgIpc) is 2.45. The van der Waals surface area contributed by atoms with E-state index in [1.54, 1.807) is 0 Å². The van der Waals surface area contributed by atoms with Crippen molar-refractivity contribution >= 4 is 17.3 Å². The Kier molecular flexibility index (Phi) is 4.63. The molecule has 0 radical (unpaired) electrons. The predicted molar refractivity (Wildman–Crippen MR) is 88.5 cm³/mol. The SMILES string of the molecule is Cc1ccc(CCC(=O)Nc2cccc(C)c2C)cc1N. The molecule has 2 rings (SSSR count). The molecule has 2 aromatic rings. The van der Waals surface area contributed by atoms with Crippen LogP contribution in [0.3, 0.4) is 0 Å². The van der Waals surface area contributed by atoms with Crippen molar-refractivity contribution in [3.05, 3.63) is 58.7 Å². The van der Waals surface area contributed by atoms with Crippen LogP contribution in [0, 0.1) is 20.8 Å². The van der Waals surface area contributed by atoms with Crippen molar-refractivity contribution in [1.82, 2.24) is 0 Å². The number of anilines is 2. The summed E-state index contributed by atoms with van der Waals surface area (Å²) < 4.78 is 0. The molecule has 3 nitrogen and oxygen atoms in total. The third-order valence-electron chi connectivity index (χ3n) is 3.86. The first-order valence-electron chi connectivity index (χ1n) is 7.18. The van der Waals surface area contributed by atoms with Crippen LogP contribution in [0.15, 0.2) is 36.4 Å². The number of hydrogen-bond donors (Lipinski definition) is 2. The average molecular weight is 282 g/mol. The van der Waals surface area contributed by atoms with E-state index >= 15 is 0 Å². The molecule has 3 N–H and O–H groups in total. The summed E-state index contributed by atoms with van der Waals surface area (Å²) in [7, 11) is 0. The minimum Gasteiger partial charge on any atom is -0.399 e. The molecule has 0 atom stereocenters. The first-order chi connectivity index (χ1) is 9.97. The first kappa shape index (κ1) is 15.1. The quantitative estimate of drug-likeness (QED) is 0.839. The number of carbonyl (C=O) groups excluding carboxylic acids is 1. The van der Waals surface area contributed by atoms with Crippen LogP contribution in [0.25, 0.3) is 0 Å². The molecular formula is C18H22N2O. The maximum absolute atomic E-state index is 12.1. The molecule has 0 spiro atoms. The second kappa shape index (κ2) is 6.44. The van der Waals surface area contributed by atoms with Crippen LogP contribution >= 0.6 is 0 Å². The molecule has 0 fully saturated rings. The summed E-state index contributed by atoms with van der Waals surface area (Å²) in [5.41, 5.74) is 12.0. The van der Waals surface area contributed by atoms with Crippen LogP contribution in [0.4, 0.5) is 11.4 Å². The standard InChI is InChI=1S/C18H22N2O/c1-12-5-4-6-17(14(12)3)20-18(21)10-9-15-8-7-13(2)16(19)11-15/h4-8,11H,9-10,19H2,1-3H3,(H,20,21). The van der Waals surface area contributed by atoms with E-state index in [-0.39, 0.29) is 5.91 Å². The van der Waals surface area contributed by atoms with Gasteiger partial charge in [0, 0.05) is 17.8 Å². The smallest absolute Gasteiger partial charge is 0.224 e. The van der Waals surface area contributed by atoms with Gasteiger partial charge < -0.3 is 11.1 Å². The molecule has 0 aliphatic rings. The maximum atomic E-state index is 12.1. The van der Waals surface area contributed by atoms with E-state index in [1.807, 2.05) is 57.2 Å². The third kappa shape index (κ3) is 3.85. The number of nitrogens with one attached hydrogen (secondary N) is 1. The molecule has 3 heteroatoms. The Morgan fingerprint density at radius 3 is 2.57 bits per heavy atom. The Balaban J connectivity index is 1.96. The lowest BCUT2D eigenvalue weighted by molar-refractivity contribution is -0.116. The largest absolute Gasteiger partial charge is 0.399 e. The summed E-state index contributed by atoms with van der Waals surface area (Å²) in [6, 6.07) is 11.9. The summed E-state index contributed by atoms with van der Waals surface area (Å²) in [5, 5.41) is 2.98. The van der Waals surface area contributed by atoms with Gasteiger partial charge in [0.2, 0.25) is 5.91 Å². The van der Waals surface area contributed by atoms with Gasteiger partial charge >= 0.3 is 0 Å². The highest BCUT2D eigenvalue weighted by atomic mass is 16.1. The molecule has 0 saturated heterocycles. The molecule has 2 aromatic carbocycles. The van der Waals surface area contributed by atoms with Gasteiger partial charge in [0.05, 0.1) is 0 Å². The van der Waals surface area contributed by atoms with Crippen molar-refractivity contribution in [3.8, 4) is 0 Å². The second-order valence-electron chi connectivity index (χ2n) is 5.49. The first-order valence-corrected chi connectivity index (χ1v) is 7.18. The van der Waals surface area contributed by atoms with Gasteiger partial charge in [-0.15, -0.1) is 0 Å². The zero-order chi connectivity index (χ0) is 15.4. The summed E-state index contributed by atoms with van der Waals surface area (Å²) >= 11 is 0. The minimum atomic E-state index is 0.0304. The van der Waals surface area contributed by atoms with Gasteiger partial charge in [-0.1, -0.05) is 24.3 Å². The molecule has 0 heterocycles. The highest BCUT2D eigenvalue weighted by Crippen LogP contribution is 2.19. The fourth-order valence-electron chi connectivity index (χ4n) is 2.20. The van der Waals surface area contributed by atoms with Crippen molar-refractivity contribution in [2.45, 2.75) is 33.6 Å². The highest BCUT2D eigenvalue weighted by Gasteiger charge is 2.07. The summed E-state index contributed by atoms with van der Waals surface area (Å²) in [6.45, 7) is 6.04. The van der Waals surface area contributed by atoms with Gasteiger partial charge in [-0.3, -0.25) is 4.79 Å². The number of aryl methyl sites for hydroxylation is 3. The summed E-state index contributed by atoms with van der Waals surface area (Å²) in [4.78, 5) is 12.1. The van der Waals surface area contributed by atoms with Gasteiger partial charge in [0.1, 0.15) is 0 Å². The number of rotatable bonds is 4. The molecular weight excluding hydrogens is 260 g/mol. The lowest BCUT2D eigenvalue weighted by Gasteiger charge is -2.10. The molecule has 21 heavy (non-hydrogen) atoms. The van der Waals surface area contributed by atoms with Gasteiger partial charge in [-0.2, -0.15) is 0 Å². The third-order valence-corrected chi connectivity index (χ3v) is 3.86. The van der Waals surface area contributed by atoms with Crippen molar-refractivity contribution in [3.63, 3.8) is 0 Å². The van der Waals surface area contributed by atoms with E-state index in [1.165, 1.54) is 5.56 Å². The Morgan fingerprint density at radius 1 is 1.10 bits per heavy atom. The molecule has 1 amide bonds. The number of nitrogens with two attached hydrogens (primary N) is 1. The maximum Gasteiger partial charge on any atom is 0.224 e. The van der Waals surface area contributed by atoms with Gasteiger partial charge in [-0.05, 0) is 61.6 Å². The molecule has 0 aromatic heterocycles. The van der Waals surface area contributed by atoms with Crippen molar-refractivity contribution < 1.29 is 4.79 Å². The normalized spacial score (nSPS) is 10.4. The van der Waals surface area contributed by atoms with E-state index in [4.69, 9.17) is 5.73 Å².